The third-order valence-corrected chi connectivity index (χ3v) is 7.60. The van der Waals surface area contributed by atoms with Crippen LogP contribution < -0.4 is 25.3 Å². The molecule has 0 radical (unpaired) electrons. The highest BCUT2D eigenvalue weighted by molar-refractivity contribution is 7.98. The second-order valence-corrected chi connectivity index (χ2v) is 11.3. The molecule has 2 heterocycles. The summed E-state index contributed by atoms with van der Waals surface area (Å²) in [5, 5.41) is 5.85. The lowest BCUT2D eigenvalue weighted by Crippen LogP contribution is -2.29. The van der Waals surface area contributed by atoms with Gasteiger partial charge in [-0.05, 0) is 104 Å². The zero-order valence-corrected chi connectivity index (χ0v) is 22.9. The van der Waals surface area contributed by atoms with Crippen LogP contribution in [0, 0.1) is 5.92 Å². The minimum atomic E-state index is 0.0506. The van der Waals surface area contributed by atoms with E-state index in [1.54, 1.807) is 0 Å². The van der Waals surface area contributed by atoms with Gasteiger partial charge in [0, 0.05) is 36.1 Å². The monoisotopic (exact) mass is 480 g/mol. The van der Waals surface area contributed by atoms with Crippen LogP contribution in [-0.4, -0.2) is 24.7 Å². The minimum Gasteiger partial charge on any atom is -0.343 e. The number of nitrogens with one attached hydrogen (secondary N) is 3. The van der Waals surface area contributed by atoms with Gasteiger partial charge in [0.15, 0.2) is 0 Å². The van der Waals surface area contributed by atoms with Crippen molar-refractivity contribution in [2.24, 2.45) is 13.0 Å². The molecule has 0 bridgehead atoms. The highest BCUT2D eigenvalue weighted by Gasteiger charge is 2.21. The number of benzene rings is 1. The Labute approximate surface area is 211 Å². The number of hydrogen-bond donors (Lipinski definition) is 3. The van der Waals surface area contributed by atoms with Crippen LogP contribution in [-0.2, 0) is 18.9 Å². The molecule has 1 aliphatic rings. The maximum Gasteiger partial charge on any atom is 0.0509 e. The molecule has 0 spiro atoms. The van der Waals surface area contributed by atoms with Gasteiger partial charge in [-0.2, -0.15) is 0 Å². The molecule has 1 unspecified atom stereocenters. The molecule has 186 valence electrons. The van der Waals surface area contributed by atoms with Crippen molar-refractivity contribution >= 4 is 30.0 Å². The molecule has 5 heteroatoms. The second kappa shape index (κ2) is 11.7. The van der Waals surface area contributed by atoms with Crippen molar-refractivity contribution in [3.63, 3.8) is 0 Å². The van der Waals surface area contributed by atoms with Gasteiger partial charge in [0.05, 0.1) is 5.35 Å². The van der Waals surface area contributed by atoms with Crippen molar-refractivity contribution in [3.05, 3.63) is 52.5 Å². The Morgan fingerprint density at radius 3 is 2.65 bits per heavy atom. The van der Waals surface area contributed by atoms with Crippen LogP contribution in [0.1, 0.15) is 64.5 Å². The highest BCUT2D eigenvalue weighted by Crippen LogP contribution is 2.36. The molecule has 2 aromatic rings. The van der Waals surface area contributed by atoms with E-state index < -0.39 is 0 Å². The molecule has 1 saturated heterocycles. The second-order valence-electron chi connectivity index (χ2n) is 10.5. The van der Waals surface area contributed by atoms with Gasteiger partial charge in [-0.1, -0.05) is 46.9 Å². The average molecular weight is 481 g/mol. The quantitative estimate of drug-likeness (QED) is 0.450. The van der Waals surface area contributed by atoms with Gasteiger partial charge in [-0.15, -0.1) is 0 Å². The molecule has 0 aliphatic carbocycles. The SMILES string of the molecule is C=C/C(CC1CCCNCC1)=c1\c(=C)cc(-c2cc(C(C)(C)C)cc(NSNC)c2CC)n1C. The highest BCUT2D eigenvalue weighted by atomic mass is 32.2. The molecule has 4 nitrogen and oxygen atoms in total. The molecule has 3 N–H and O–H groups in total. The van der Waals surface area contributed by atoms with Gasteiger partial charge in [0.25, 0.3) is 0 Å². The van der Waals surface area contributed by atoms with Crippen LogP contribution in [0.15, 0.2) is 30.9 Å². The third-order valence-electron chi connectivity index (χ3n) is 7.07. The van der Waals surface area contributed by atoms with Crippen LogP contribution in [0.2, 0.25) is 0 Å². The van der Waals surface area contributed by atoms with E-state index in [1.807, 2.05) is 7.05 Å². The van der Waals surface area contributed by atoms with Gasteiger partial charge in [-0.25, -0.2) is 4.72 Å². The summed E-state index contributed by atoms with van der Waals surface area (Å²) in [4.78, 5) is 0. The molecule has 34 heavy (non-hydrogen) atoms. The van der Waals surface area contributed by atoms with E-state index in [4.69, 9.17) is 0 Å². The summed E-state index contributed by atoms with van der Waals surface area (Å²) in [6, 6.07) is 6.96. The van der Waals surface area contributed by atoms with Gasteiger partial charge < -0.3 is 14.6 Å². The zero-order valence-electron chi connectivity index (χ0n) is 22.1. The summed E-state index contributed by atoms with van der Waals surface area (Å²) in [6.07, 6.45) is 7.85. The summed E-state index contributed by atoms with van der Waals surface area (Å²) >= 11 is 1.51. The Hall–Kier alpha value is -1.95. The summed E-state index contributed by atoms with van der Waals surface area (Å²) in [6.45, 7) is 20.0. The van der Waals surface area contributed by atoms with E-state index in [0.717, 1.165) is 31.1 Å². The number of aromatic nitrogens is 1. The molecule has 1 fully saturated rings. The van der Waals surface area contributed by atoms with Gasteiger partial charge in [0.1, 0.15) is 0 Å². The van der Waals surface area contributed by atoms with E-state index in [1.165, 1.54) is 70.4 Å². The lowest BCUT2D eigenvalue weighted by atomic mass is 9.83. The first-order chi connectivity index (χ1) is 16.2. The Morgan fingerprint density at radius 1 is 1.24 bits per heavy atom. The number of hydrogen-bond acceptors (Lipinski definition) is 4. The lowest BCUT2D eigenvalue weighted by Gasteiger charge is -2.24. The average Bonchev–Trinajstić information content (AvgIpc) is 2.96. The molecule has 0 amide bonds. The van der Waals surface area contributed by atoms with Crippen molar-refractivity contribution < 1.29 is 0 Å². The number of anilines is 1. The Bertz CT molecular complexity index is 1100. The van der Waals surface area contributed by atoms with Crippen LogP contribution in [0.5, 0.6) is 0 Å². The lowest BCUT2D eigenvalue weighted by molar-refractivity contribution is 0.483. The van der Waals surface area contributed by atoms with Crippen LogP contribution in [0.3, 0.4) is 0 Å². The topological polar surface area (TPSA) is 41.0 Å². The number of nitrogens with zero attached hydrogens (tertiary/aromatic N) is 1. The molecule has 1 atom stereocenters. The summed E-state index contributed by atoms with van der Waals surface area (Å²) in [5.41, 5.74) is 7.71. The molecular formula is C29H44N4S. The summed E-state index contributed by atoms with van der Waals surface area (Å²) in [5.74, 6) is 0.700. The standard InChI is InChI=1S/C29H44N4S/c1-9-22(17-21-12-11-14-31-15-13-21)28-20(3)16-27(33(28)8)25-18-23(29(4,5)6)19-26(24(25)10-2)32-34-30-7/h9,16,18-19,21,30-32H,1,3,10-15,17H2,2,4-8H3/b28-22-. The van der Waals surface area contributed by atoms with Crippen molar-refractivity contribution in [1.29, 1.82) is 0 Å². The van der Waals surface area contributed by atoms with E-state index in [-0.39, 0.29) is 5.41 Å². The summed E-state index contributed by atoms with van der Waals surface area (Å²) in [7, 11) is 4.13. The zero-order chi connectivity index (χ0) is 24.9. The van der Waals surface area contributed by atoms with Crippen molar-refractivity contribution in [1.82, 2.24) is 14.6 Å². The first-order valence-corrected chi connectivity index (χ1v) is 13.5. The van der Waals surface area contributed by atoms with Gasteiger partial charge >= 0.3 is 0 Å². The van der Waals surface area contributed by atoms with Crippen molar-refractivity contribution in [2.45, 2.75) is 65.2 Å². The van der Waals surface area contributed by atoms with Crippen LogP contribution in [0.25, 0.3) is 23.4 Å². The molecule has 3 rings (SSSR count). The van der Waals surface area contributed by atoms with E-state index in [2.05, 4.69) is 91.5 Å². The van der Waals surface area contributed by atoms with Crippen molar-refractivity contribution in [2.75, 3.05) is 24.9 Å². The maximum absolute atomic E-state index is 4.48. The summed E-state index contributed by atoms with van der Waals surface area (Å²) < 4.78 is 9.02. The van der Waals surface area contributed by atoms with Gasteiger partial charge in [-0.3, -0.25) is 0 Å². The smallest absolute Gasteiger partial charge is 0.0509 e. The molecule has 1 aromatic carbocycles. The molecule has 1 aliphatic heterocycles. The molecular weight excluding hydrogens is 436 g/mol. The minimum absolute atomic E-state index is 0.0506. The third kappa shape index (κ3) is 5.99. The maximum atomic E-state index is 4.48. The van der Waals surface area contributed by atoms with Crippen LogP contribution >= 0.6 is 12.1 Å². The largest absolute Gasteiger partial charge is 0.343 e. The molecule has 0 saturated carbocycles. The predicted octanol–water partition coefficient (Wildman–Crippen LogP) is 5.27. The first kappa shape index (κ1) is 26.7. The fourth-order valence-electron chi connectivity index (χ4n) is 5.14. The Balaban J connectivity index is 2.19. The Morgan fingerprint density at radius 2 is 2.00 bits per heavy atom. The Kier molecular flexibility index (Phi) is 9.14. The van der Waals surface area contributed by atoms with E-state index >= 15 is 0 Å². The molecule has 1 aromatic heterocycles. The number of allylic oxidation sites excluding steroid dienone is 1. The van der Waals surface area contributed by atoms with E-state index in [9.17, 15) is 0 Å². The normalized spacial score (nSPS) is 17.9. The first-order valence-electron chi connectivity index (χ1n) is 12.7. The predicted molar refractivity (Wildman–Crippen MR) is 152 cm³/mol. The fourth-order valence-corrected chi connectivity index (χ4v) is 5.53. The van der Waals surface area contributed by atoms with Crippen molar-refractivity contribution in [3.8, 4) is 11.3 Å². The number of rotatable bonds is 8. The van der Waals surface area contributed by atoms with E-state index in [0.29, 0.717) is 5.92 Å². The fraction of sp³-hybridized carbons (Fsp3) is 0.517. The van der Waals surface area contributed by atoms with Crippen LogP contribution in [0.4, 0.5) is 5.69 Å². The van der Waals surface area contributed by atoms with Gasteiger partial charge in [0.2, 0.25) is 0 Å².